The Morgan fingerprint density at radius 1 is 1.04 bits per heavy atom. The van der Waals surface area contributed by atoms with Crippen LogP contribution in [0.1, 0.15) is 30.9 Å². The molecule has 1 aromatic carbocycles. The van der Waals surface area contributed by atoms with Gasteiger partial charge in [0, 0.05) is 39.0 Å². The Hall–Kier alpha value is -2.25. The van der Waals surface area contributed by atoms with Crippen molar-refractivity contribution in [3.8, 4) is 0 Å². The highest BCUT2D eigenvalue weighted by molar-refractivity contribution is 5.76. The largest absolute Gasteiger partial charge is 0.449 e. The number of carbonyl (C=O) groups is 2. The third-order valence-electron chi connectivity index (χ3n) is 4.25. The van der Waals surface area contributed by atoms with E-state index in [2.05, 4.69) is 0 Å². The normalized spacial score (nSPS) is 15.1. The maximum Gasteiger partial charge on any atom is 0.416 e. The highest BCUT2D eigenvalue weighted by atomic mass is 19.4. The SMILES string of the molecule is CCCC(=O)N1CCN(C(=O)OCCc2ccc(C(F)(F)F)cc2)CC1. The molecule has 144 valence electrons. The smallest absolute Gasteiger partial charge is 0.416 e. The van der Waals surface area contributed by atoms with Crippen molar-refractivity contribution in [2.45, 2.75) is 32.4 Å². The lowest BCUT2D eigenvalue weighted by molar-refractivity contribution is -0.137. The van der Waals surface area contributed by atoms with Crippen LogP contribution < -0.4 is 0 Å². The fourth-order valence-corrected chi connectivity index (χ4v) is 2.72. The van der Waals surface area contributed by atoms with Gasteiger partial charge in [-0.2, -0.15) is 13.2 Å². The van der Waals surface area contributed by atoms with E-state index in [-0.39, 0.29) is 12.5 Å². The standard InChI is InChI=1S/C18H23F3N2O3/c1-2-3-16(24)22-9-11-23(12-10-22)17(25)26-13-8-14-4-6-15(7-5-14)18(19,20)21/h4-7H,2-3,8-13H2,1H3. The van der Waals surface area contributed by atoms with Crippen molar-refractivity contribution in [3.05, 3.63) is 35.4 Å². The number of amides is 2. The van der Waals surface area contributed by atoms with E-state index in [0.717, 1.165) is 18.6 Å². The quantitative estimate of drug-likeness (QED) is 0.797. The molecule has 5 nitrogen and oxygen atoms in total. The zero-order chi connectivity index (χ0) is 19.2. The molecule has 8 heteroatoms. The molecule has 0 unspecified atom stereocenters. The van der Waals surface area contributed by atoms with Crippen LogP contribution in [0.15, 0.2) is 24.3 Å². The van der Waals surface area contributed by atoms with Gasteiger partial charge in [-0.05, 0) is 24.1 Å². The highest BCUT2D eigenvalue weighted by Gasteiger charge is 2.30. The van der Waals surface area contributed by atoms with E-state index < -0.39 is 17.8 Å². The first-order valence-corrected chi connectivity index (χ1v) is 8.67. The van der Waals surface area contributed by atoms with Gasteiger partial charge in [0.25, 0.3) is 0 Å². The van der Waals surface area contributed by atoms with Crippen LogP contribution in [-0.4, -0.2) is 54.6 Å². The summed E-state index contributed by atoms with van der Waals surface area (Å²) >= 11 is 0. The zero-order valence-electron chi connectivity index (χ0n) is 14.7. The molecule has 0 radical (unpaired) electrons. The van der Waals surface area contributed by atoms with E-state index in [9.17, 15) is 22.8 Å². The summed E-state index contributed by atoms with van der Waals surface area (Å²) < 4.78 is 42.7. The van der Waals surface area contributed by atoms with Crippen LogP contribution in [-0.2, 0) is 22.1 Å². The third-order valence-corrected chi connectivity index (χ3v) is 4.25. The first kappa shape index (κ1) is 20.1. The fraction of sp³-hybridized carbons (Fsp3) is 0.556. The third kappa shape index (κ3) is 5.64. The molecule has 1 aliphatic heterocycles. The number of hydrogen-bond acceptors (Lipinski definition) is 3. The van der Waals surface area contributed by atoms with E-state index in [1.54, 1.807) is 9.80 Å². The number of nitrogens with zero attached hydrogens (tertiary/aromatic N) is 2. The van der Waals surface area contributed by atoms with E-state index >= 15 is 0 Å². The Morgan fingerprint density at radius 3 is 2.15 bits per heavy atom. The molecule has 0 aliphatic carbocycles. The monoisotopic (exact) mass is 372 g/mol. The van der Waals surface area contributed by atoms with Crippen LogP contribution in [0, 0.1) is 0 Å². The van der Waals surface area contributed by atoms with Crippen molar-refractivity contribution in [1.29, 1.82) is 0 Å². The Balaban J connectivity index is 1.72. The molecule has 1 heterocycles. The second-order valence-corrected chi connectivity index (χ2v) is 6.18. The van der Waals surface area contributed by atoms with Crippen molar-refractivity contribution in [1.82, 2.24) is 9.80 Å². The summed E-state index contributed by atoms with van der Waals surface area (Å²) in [4.78, 5) is 27.1. The van der Waals surface area contributed by atoms with Crippen molar-refractivity contribution >= 4 is 12.0 Å². The molecular weight excluding hydrogens is 349 g/mol. The Bertz CT molecular complexity index is 609. The maximum absolute atomic E-state index is 12.5. The minimum absolute atomic E-state index is 0.0964. The fourth-order valence-electron chi connectivity index (χ4n) is 2.72. The number of alkyl halides is 3. The van der Waals surface area contributed by atoms with Crippen LogP contribution >= 0.6 is 0 Å². The van der Waals surface area contributed by atoms with Crippen molar-refractivity contribution in [2.24, 2.45) is 0 Å². The minimum atomic E-state index is -4.36. The number of piperazine rings is 1. The summed E-state index contributed by atoms with van der Waals surface area (Å²) in [5.41, 5.74) is -0.0329. The average molecular weight is 372 g/mol. The van der Waals surface area contributed by atoms with Gasteiger partial charge in [0.2, 0.25) is 5.91 Å². The van der Waals surface area contributed by atoms with Crippen molar-refractivity contribution < 1.29 is 27.5 Å². The molecule has 1 aromatic rings. The summed E-state index contributed by atoms with van der Waals surface area (Å²) in [5.74, 6) is 0.0998. The number of carbonyl (C=O) groups excluding carboxylic acids is 2. The van der Waals surface area contributed by atoms with Gasteiger partial charge in [-0.3, -0.25) is 4.79 Å². The second kappa shape index (κ2) is 8.91. The van der Waals surface area contributed by atoms with Gasteiger partial charge in [-0.1, -0.05) is 19.1 Å². The van der Waals surface area contributed by atoms with Crippen molar-refractivity contribution in [3.63, 3.8) is 0 Å². The zero-order valence-corrected chi connectivity index (χ0v) is 14.7. The molecule has 26 heavy (non-hydrogen) atoms. The molecule has 1 saturated heterocycles. The number of benzene rings is 1. The molecule has 0 N–H and O–H groups in total. The first-order chi connectivity index (χ1) is 12.3. The van der Waals surface area contributed by atoms with Crippen LogP contribution in [0.25, 0.3) is 0 Å². The molecule has 0 aromatic heterocycles. The molecule has 0 saturated carbocycles. The Labute approximate surface area is 150 Å². The van der Waals surface area contributed by atoms with Crippen molar-refractivity contribution in [2.75, 3.05) is 32.8 Å². The molecule has 1 fully saturated rings. The number of rotatable bonds is 5. The molecule has 0 bridgehead atoms. The van der Waals surface area contributed by atoms with Gasteiger partial charge in [-0.25, -0.2) is 4.79 Å². The van der Waals surface area contributed by atoms with Gasteiger partial charge in [0.05, 0.1) is 12.2 Å². The lowest BCUT2D eigenvalue weighted by Gasteiger charge is -2.34. The van der Waals surface area contributed by atoms with Crippen LogP contribution in [0.5, 0.6) is 0 Å². The average Bonchev–Trinajstić information content (AvgIpc) is 2.61. The van der Waals surface area contributed by atoms with Gasteiger partial charge < -0.3 is 14.5 Å². The van der Waals surface area contributed by atoms with E-state index in [4.69, 9.17) is 4.74 Å². The first-order valence-electron chi connectivity index (χ1n) is 8.67. The maximum atomic E-state index is 12.5. The summed E-state index contributed by atoms with van der Waals surface area (Å²) in [7, 11) is 0. The summed E-state index contributed by atoms with van der Waals surface area (Å²) in [6.45, 7) is 3.88. The number of hydrogen-bond donors (Lipinski definition) is 0. The molecule has 1 aliphatic rings. The highest BCUT2D eigenvalue weighted by Crippen LogP contribution is 2.29. The van der Waals surface area contributed by atoms with E-state index in [1.165, 1.54) is 12.1 Å². The Morgan fingerprint density at radius 2 is 1.62 bits per heavy atom. The van der Waals surface area contributed by atoms with E-state index in [1.807, 2.05) is 6.92 Å². The summed E-state index contributed by atoms with van der Waals surface area (Å²) in [6, 6.07) is 4.80. The lowest BCUT2D eigenvalue weighted by atomic mass is 10.1. The molecule has 2 amide bonds. The predicted molar refractivity (Wildman–Crippen MR) is 89.6 cm³/mol. The van der Waals surface area contributed by atoms with Gasteiger partial charge in [0.15, 0.2) is 0 Å². The minimum Gasteiger partial charge on any atom is -0.449 e. The van der Waals surface area contributed by atoms with Gasteiger partial charge in [-0.15, -0.1) is 0 Å². The number of halogens is 3. The summed E-state index contributed by atoms with van der Waals surface area (Å²) in [5, 5.41) is 0. The van der Waals surface area contributed by atoms with Crippen LogP contribution in [0.3, 0.4) is 0 Å². The topological polar surface area (TPSA) is 49.9 Å². The summed E-state index contributed by atoms with van der Waals surface area (Å²) in [6.07, 6.45) is -3.16. The Kier molecular flexibility index (Phi) is 6.88. The molecule has 0 spiro atoms. The van der Waals surface area contributed by atoms with Gasteiger partial charge >= 0.3 is 12.3 Å². The molecule has 2 rings (SSSR count). The van der Waals surface area contributed by atoms with Crippen LogP contribution in [0.4, 0.5) is 18.0 Å². The van der Waals surface area contributed by atoms with Gasteiger partial charge in [0.1, 0.15) is 0 Å². The second-order valence-electron chi connectivity index (χ2n) is 6.18. The molecular formula is C18H23F3N2O3. The molecule has 0 atom stereocenters. The lowest BCUT2D eigenvalue weighted by Crippen LogP contribution is -2.50. The predicted octanol–water partition coefficient (Wildman–Crippen LogP) is 3.33. The van der Waals surface area contributed by atoms with Crippen LogP contribution in [0.2, 0.25) is 0 Å². The van der Waals surface area contributed by atoms with E-state index in [0.29, 0.717) is 44.6 Å². The number of ether oxygens (including phenoxy) is 1.